The zero-order chi connectivity index (χ0) is 13.4. The topological polar surface area (TPSA) is 45.2 Å². The monoisotopic (exact) mass is 275 g/mol. The summed E-state index contributed by atoms with van der Waals surface area (Å²) in [6.45, 7) is 6.31. The molecular weight excluding hydrogens is 258 g/mol. The van der Waals surface area contributed by atoms with Crippen LogP contribution in [0, 0.1) is 12.8 Å². The molecule has 1 aliphatic rings. The molecule has 1 aromatic carbocycles. The highest BCUT2D eigenvalue weighted by atomic mass is 32.1. The number of aromatic nitrogens is 1. The third-order valence-corrected chi connectivity index (χ3v) is 4.49. The van der Waals surface area contributed by atoms with Crippen LogP contribution in [0.2, 0.25) is 0 Å². The Bertz CT molecular complexity index is 616. The Hall–Kier alpha value is -1.62. The van der Waals surface area contributed by atoms with Crippen molar-refractivity contribution in [1.29, 1.82) is 0 Å². The number of anilines is 1. The molecule has 2 heterocycles. The number of hydrogen-bond donors (Lipinski definition) is 1. The van der Waals surface area contributed by atoms with Crippen LogP contribution in [0.25, 0.3) is 10.2 Å². The van der Waals surface area contributed by atoms with E-state index in [1.165, 1.54) is 10.3 Å². The van der Waals surface area contributed by atoms with Gasteiger partial charge in [0.2, 0.25) is 5.91 Å². The Kier molecular flexibility index (Phi) is 3.14. The molecule has 1 aromatic heterocycles. The van der Waals surface area contributed by atoms with Gasteiger partial charge in [-0.15, -0.1) is 0 Å². The zero-order valence-electron chi connectivity index (χ0n) is 11.1. The fourth-order valence-corrected chi connectivity index (χ4v) is 3.36. The zero-order valence-corrected chi connectivity index (χ0v) is 12.0. The van der Waals surface area contributed by atoms with Crippen LogP contribution in [0.4, 0.5) is 5.13 Å². The summed E-state index contributed by atoms with van der Waals surface area (Å²) in [7, 11) is 0. The van der Waals surface area contributed by atoms with Crippen molar-refractivity contribution in [2.24, 2.45) is 5.92 Å². The molecule has 4 nitrogen and oxygen atoms in total. The molecule has 0 saturated carbocycles. The largest absolute Gasteiger partial charge is 0.356 e. The molecule has 1 saturated heterocycles. The van der Waals surface area contributed by atoms with Gasteiger partial charge in [0.1, 0.15) is 0 Å². The van der Waals surface area contributed by atoms with Gasteiger partial charge >= 0.3 is 0 Å². The normalized spacial score (nSPS) is 15.6. The number of carbonyl (C=O) groups excluding carboxylic acids is 1. The van der Waals surface area contributed by atoms with Crippen molar-refractivity contribution in [3.8, 4) is 0 Å². The van der Waals surface area contributed by atoms with Crippen molar-refractivity contribution in [1.82, 2.24) is 10.3 Å². The van der Waals surface area contributed by atoms with Gasteiger partial charge in [-0.3, -0.25) is 4.79 Å². The quantitative estimate of drug-likeness (QED) is 0.934. The lowest BCUT2D eigenvalue weighted by molar-refractivity contribution is -0.125. The minimum atomic E-state index is 0.119. The molecule has 0 unspecified atom stereocenters. The van der Waals surface area contributed by atoms with E-state index in [9.17, 15) is 4.79 Å². The summed E-state index contributed by atoms with van der Waals surface area (Å²) in [4.78, 5) is 18.5. The van der Waals surface area contributed by atoms with E-state index in [0.717, 1.165) is 23.7 Å². The van der Waals surface area contributed by atoms with Crippen LogP contribution < -0.4 is 10.2 Å². The van der Waals surface area contributed by atoms with Crippen molar-refractivity contribution in [3.05, 3.63) is 23.8 Å². The molecule has 0 aliphatic carbocycles. The Morgan fingerprint density at radius 1 is 1.53 bits per heavy atom. The van der Waals surface area contributed by atoms with Gasteiger partial charge in [0, 0.05) is 19.6 Å². The number of benzene rings is 1. The molecule has 0 radical (unpaired) electrons. The third-order valence-electron chi connectivity index (χ3n) is 3.41. The van der Waals surface area contributed by atoms with Gasteiger partial charge in [0.15, 0.2) is 5.13 Å². The van der Waals surface area contributed by atoms with E-state index in [-0.39, 0.29) is 11.8 Å². The summed E-state index contributed by atoms with van der Waals surface area (Å²) in [5.74, 6) is 0.282. The first-order valence-corrected chi connectivity index (χ1v) is 7.39. The van der Waals surface area contributed by atoms with Gasteiger partial charge in [-0.1, -0.05) is 17.4 Å². The van der Waals surface area contributed by atoms with Gasteiger partial charge in [0.25, 0.3) is 0 Å². The fourth-order valence-electron chi connectivity index (χ4n) is 2.27. The van der Waals surface area contributed by atoms with Crippen LogP contribution in [-0.2, 0) is 4.79 Å². The molecule has 0 atom stereocenters. The average Bonchev–Trinajstić information content (AvgIpc) is 2.69. The predicted molar refractivity (Wildman–Crippen MR) is 78.7 cm³/mol. The molecule has 0 bridgehead atoms. The van der Waals surface area contributed by atoms with E-state index >= 15 is 0 Å². The first-order valence-electron chi connectivity index (χ1n) is 6.57. The van der Waals surface area contributed by atoms with Gasteiger partial charge in [0.05, 0.1) is 16.1 Å². The number of fused-ring (bicyclic) bond motifs is 1. The van der Waals surface area contributed by atoms with E-state index in [4.69, 9.17) is 0 Å². The molecule has 1 amide bonds. The van der Waals surface area contributed by atoms with Gasteiger partial charge in [-0.25, -0.2) is 4.98 Å². The van der Waals surface area contributed by atoms with Crippen LogP contribution in [0.3, 0.4) is 0 Å². The molecule has 5 heteroatoms. The van der Waals surface area contributed by atoms with Crippen molar-refractivity contribution < 1.29 is 4.79 Å². The molecule has 19 heavy (non-hydrogen) atoms. The molecule has 0 spiro atoms. The van der Waals surface area contributed by atoms with Crippen molar-refractivity contribution in [2.75, 3.05) is 24.5 Å². The fraction of sp³-hybridized carbons (Fsp3) is 0.429. The minimum Gasteiger partial charge on any atom is -0.356 e. The second kappa shape index (κ2) is 4.81. The molecule has 100 valence electrons. The van der Waals surface area contributed by atoms with Crippen LogP contribution in [0.15, 0.2) is 18.2 Å². The molecule has 3 rings (SSSR count). The minimum absolute atomic E-state index is 0.119. The van der Waals surface area contributed by atoms with Crippen LogP contribution in [0.5, 0.6) is 0 Å². The number of nitrogens with one attached hydrogen (secondary N) is 1. The Labute approximate surface area is 116 Å². The van der Waals surface area contributed by atoms with Crippen molar-refractivity contribution in [2.45, 2.75) is 13.8 Å². The van der Waals surface area contributed by atoms with E-state index in [1.807, 2.05) is 6.92 Å². The molecule has 1 N–H and O–H groups in total. The smallest absolute Gasteiger partial charge is 0.226 e. The van der Waals surface area contributed by atoms with Gasteiger partial charge in [-0.05, 0) is 31.5 Å². The second-order valence-electron chi connectivity index (χ2n) is 4.96. The molecule has 1 aliphatic heterocycles. The summed E-state index contributed by atoms with van der Waals surface area (Å²) in [5, 5.41) is 3.90. The Balaban J connectivity index is 1.72. The maximum Gasteiger partial charge on any atom is 0.226 e. The number of carbonyl (C=O) groups is 1. The van der Waals surface area contributed by atoms with Gasteiger partial charge < -0.3 is 10.2 Å². The van der Waals surface area contributed by atoms with Crippen LogP contribution in [-0.4, -0.2) is 30.5 Å². The van der Waals surface area contributed by atoms with E-state index in [1.54, 1.807) is 11.3 Å². The first kappa shape index (κ1) is 12.4. The second-order valence-corrected chi connectivity index (χ2v) is 5.97. The number of nitrogens with zero attached hydrogens (tertiary/aromatic N) is 2. The Morgan fingerprint density at radius 2 is 2.32 bits per heavy atom. The van der Waals surface area contributed by atoms with E-state index < -0.39 is 0 Å². The van der Waals surface area contributed by atoms with Crippen LogP contribution >= 0.6 is 11.3 Å². The summed E-state index contributed by atoms with van der Waals surface area (Å²) in [6, 6.07) is 6.31. The van der Waals surface area contributed by atoms with Crippen LogP contribution in [0.1, 0.15) is 12.5 Å². The third kappa shape index (κ3) is 2.30. The number of aryl methyl sites for hydroxylation is 1. The van der Waals surface area contributed by atoms with Crippen molar-refractivity contribution >= 4 is 32.6 Å². The summed E-state index contributed by atoms with van der Waals surface area (Å²) < 4.78 is 1.22. The predicted octanol–water partition coefficient (Wildman–Crippen LogP) is 2.18. The Morgan fingerprint density at radius 3 is 3.05 bits per heavy atom. The SMILES string of the molecule is CCNC(=O)C1CN(c2nc3ccc(C)cc3s2)C1. The highest BCUT2D eigenvalue weighted by Crippen LogP contribution is 2.33. The first-order chi connectivity index (χ1) is 9.17. The van der Waals surface area contributed by atoms with E-state index in [0.29, 0.717) is 6.54 Å². The van der Waals surface area contributed by atoms with E-state index in [2.05, 4.69) is 40.3 Å². The van der Waals surface area contributed by atoms with Crippen molar-refractivity contribution in [3.63, 3.8) is 0 Å². The maximum atomic E-state index is 11.7. The lowest BCUT2D eigenvalue weighted by Gasteiger charge is -2.37. The summed E-state index contributed by atoms with van der Waals surface area (Å²) in [6.07, 6.45) is 0. The molecule has 1 fully saturated rings. The highest BCUT2D eigenvalue weighted by Gasteiger charge is 2.33. The summed E-state index contributed by atoms with van der Waals surface area (Å²) in [5.41, 5.74) is 2.30. The lowest BCUT2D eigenvalue weighted by Crippen LogP contribution is -2.53. The lowest BCUT2D eigenvalue weighted by atomic mass is 10.0. The number of hydrogen-bond acceptors (Lipinski definition) is 4. The molecule has 2 aromatic rings. The standard InChI is InChI=1S/C14H17N3OS/c1-3-15-13(18)10-7-17(8-10)14-16-11-5-4-9(2)6-12(11)19-14/h4-6,10H,3,7-8H2,1-2H3,(H,15,18). The molecular formula is C14H17N3OS. The average molecular weight is 275 g/mol. The summed E-state index contributed by atoms with van der Waals surface area (Å²) >= 11 is 1.71. The number of rotatable bonds is 3. The van der Waals surface area contributed by atoms with Gasteiger partial charge in [-0.2, -0.15) is 0 Å². The number of thiazole rings is 1. The number of amides is 1. The highest BCUT2D eigenvalue weighted by molar-refractivity contribution is 7.22. The maximum absolute atomic E-state index is 11.7.